The summed E-state index contributed by atoms with van der Waals surface area (Å²) in [5.41, 5.74) is 9.11. The van der Waals surface area contributed by atoms with E-state index in [9.17, 15) is 5.11 Å². The maximum absolute atomic E-state index is 11.5. The summed E-state index contributed by atoms with van der Waals surface area (Å²) in [7, 11) is 0. The highest BCUT2D eigenvalue weighted by Gasteiger charge is 2.62. The van der Waals surface area contributed by atoms with Gasteiger partial charge in [-0.1, -0.05) is 19.0 Å². The van der Waals surface area contributed by atoms with Crippen molar-refractivity contribution < 1.29 is 9.84 Å². The van der Waals surface area contributed by atoms with Crippen LogP contribution in [0.25, 0.3) is 16.0 Å². The molecule has 4 atom stereocenters. The zero-order valence-corrected chi connectivity index (χ0v) is 14.9. The fourth-order valence-corrected chi connectivity index (χ4v) is 3.96. The Hall–Kier alpha value is -1.80. The van der Waals surface area contributed by atoms with Crippen molar-refractivity contribution in [3.05, 3.63) is 34.6 Å². The fraction of sp³-hybridized carbons (Fsp3) is 0.600. The van der Waals surface area contributed by atoms with Crippen LogP contribution in [0.2, 0.25) is 0 Å². The van der Waals surface area contributed by atoms with E-state index in [0.29, 0.717) is 12.1 Å². The number of ether oxygens (including phenoxy) is 1. The second kappa shape index (κ2) is 5.93. The van der Waals surface area contributed by atoms with Gasteiger partial charge >= 0.3 is 0 Å². The molecule has 8 nitrogen and oxygen atoms in total. The topological polar surface area (TPSA) is 108 Å². The Morgan fingerprint density at radius 3 is 2.92 bits per heavy atom. The lowest BCUT2D eigenvalue weighted by atomic mass is 9.79. The van der Waals surface area contributed by atoms with E-state index in [1.807, 2.05) is 26.2 Å². The van der Waals surface area contributed by atoms with E-state index >= 15 is 0 Å². The minimum absolute atomic E-state index is 0.157. The van der Waals surface area contributed by atoms with Crippen LogP contribution in [-0.4, -0.2) is 37.6 Å². The third kappa shape index (κ3) is 2.12. The van der Waals surface area contributed by atoms with Gasteiger partial charge in [-0.2, -0.15) is 5.10 Å². The first-order valence-electron chi connectivity index (χ1n) is 7.76. The summed E-state index contributed by atoms with van der Waals surface area (Å²) in [6, 6.07) is 3.59. The first-order valence-corrected chi connectivity index (χ1v) is 8.99. The van der Waals surface area contributed by atoms with Gasteiger partial charge in [0.05, 0.1) is 11.6 Å². The Kier molecular flexibility index (Phi) is 4.21. The number of nitrogens with zero attached hydrogens (tertiary/aromatic N) is 6. The first kappa shape index (κ1) is 17.0. The normalized spacial score (nSPS) is 32.9. The molecule has 1 saturated heterocycles. The molecule has 128 valence electrons. The summed E-state index contributed by atoms with van der Waals surface area (Å²) in [5.74, 6) is -1.92. The Morgan fingerprint density at radius 1 is 1.54 bits per heavy atom. The zero-order valence-electron chi connectivity index (χ0n) is 14.0. The summed E-state index contributed by atoms with van der Waals surface area (Å²) in [5, 5.41) is 20.5. The molecule has 1 fully saturated rings. The molecule has 1 N–H and O–H groups in total. The van der Waals surface area contributed by atoms with E-state index < -0.39 is 11.3 Å². The molecule has 0 bridgehead atoms. The molecule has 2 aromatic rings. The largest absolute Gasteiger partial charge is 0.360 e. The number of aliphatic hydroxyl groups is 1. The monoisotopic (exact) mass is 348 g/mol. The Bertz CT molecular complexity index is 819. The minimum Gasteiger partial charge on any atom is -0.360 e. The molecule has 9 heteroatoms. The molecule has 3 heterocycles. The molecular formula is C15H20N6O2S. The maximum Gasteiger partial charge on any atom is 0.221 e. The molecule has 24 heavy (non-hydrogen) atoms. The summed E-state index contributed by atoms with van der Waals surface area (Å²) in [4.78, 5) is 7.20. The molecule has 1 unspecified atom stereocenters. The zero-order chi connectivity index (χ0) is 17.5. The number of hydrogen-bond donors (Lipinski definition) is 1. The molecule has 3 rings (SSSR count). The van der Waals surface area contributed by atoms with Crippen LogP contribution in [0.5, 0.6) is 0 Å². The van der Waals surface area contributed by atoms with Gasteiger partial charge < -0.3 is 9.84 Å². The van der Waals surface area contributed by atoms with Crippen molar-refractivity contribution in [2.45, 2.75) is 49.6 Å². The van der Waals surface area contributed by atoms with Gasteiger partial charge in [0.25, 0.3) is 0 Å². The lowest BCUT2D eigenvalue weighted by Crippen LogP contribution is -2.48. The highest BCUT2D eigenvalue weighted by Crippen LogP contribution is 2.51. The van der Waals surface area contributed by atoms with E-state index in [0.717, 1.165) is 10.5 Å². The predicted molar refractivity (Wildman–Crippen MR) is 90.5 cm³/mol. The van der Waals surface area contributed by atoms with E-state index in [4.69, 9.17) is 10.3 Å². The van der Waals surface area contributed by atoms with Crippen LogP contribution in [-0.2, 0) is 10.5 Å². The Balaban J connectivity index is 2.25. The third-order valence-electron chi connectivity index (χ3n) is 5.06. The number of azide groups is 1. The lowest BCUT2D eigenvalue weighted by Gasteiger charge is -2.35. The van der Waals surface area contributed by atoms with Crippen molar-refractivity contribution in [1.29, 1.82) is 0 Å². The van der Waals surface area contributed by atoms with Crippen molar-refractivity contribution in [2.24, 2.45) is 11.0 Å². The second-order valence-corrected chi connectivity index (χ2v) is 6.91. The summed E-state index contributed by atoms with van der Waals surface area (Å²) >= 11 is 1.49. The van der Waals surface area contributed by atoms with Gasteiger partial charge in [-0.25, -0.2) is 9.50 Å². The van der Waals surface area contributed by atoms with Crippen LogP contribution in [0.3, 0.4) is 0 Å². The number of fused-ring (bicyclic) bond motifs is 1. The standard InChI is InChI=1S/C15H20N6O2S/c1-5-11-9(2)14(3,19-20-16)15(22,23-11)12-7-6-10-13(24-4)17-8-18-21(10)12/h6-9,11,22H,5H2,1-4H3/t9-,11-,14-,15?/m1/s1. The average molecular weight is 348 g/mol. The molecule has 0 spiro atoms. The number of hydrogen-bond acceptors (Lipinski definition) is 6. The SMILES string of the molecule is CC[C@H]1OC(O)(c2ccc3c(SC)ncnn23)[C@](C)(N=[N+]=[N-])[C@@H]1C. The van der Waals surface area contributed by atoms with Crippen molar-refractivity contribution in [1.82, 2.24) is 14.6 Å². The quantitative estimate of drug-likeness (QED) is 0.395. The molecule has 2 aromatic heterocycles. The van der Waals surface area contributed by atoms with Crippen LogP contribution in [0, 0.1) is 5.92 Å². The van der Waals surface area contributed by atoms with Gasteiger partial charge in [-0.3, -0.25) is 0 Å². The molecule has 0 aromatic carbocycles. The summed E-state index contributed by atoms with van der Waals surface area (Å²) < 4.78 is 7.61. The van der Waals surface area contributed by atoms with Crippen molar-refractivity contribution in [2.75, 3.05) is 6.26 Å². The molecular weight excluding hydrogens is 328 g/mol. The number of thioether (sulfide) groups is 1. The Morgan fingerprint density at radius 2 is 2.29 bits per heavy atom. The van der Waals surface area contributed by atoms with Crippen molar-refractivity contribution >= 4 is 17.3 Å². The van der Waals surface area contributed by atoms with Crippen LogP contribution < -0.4 is 0 Å². The van der Waals surface area contributed by atoms with Crippen LogP contribution in [0.15, 0.2) is 28.6 Å². The van der Waals surface area contributed by atoms with Gasteiger partial charge in [-0.15, -0.1) is 11.8 Å². The summed E-state index contributed by atoms with van der Waals surface area (Å²) in [6.45, 7) is 5.63. The fourth-order valence-electron chi connectivity index (χ4n) is 3.44. The van der Waals surface area contributed by atoms with Gasteiger partial charge in [0.2, 0.25) is 5.79 Å². The van der Waals surface area contributed by atoms with Crippen molar-refractivity contribution in [3.63, 3.8) is 0 Å². The first-order chi connectivity index (χ1) is 11.4. The number of aromatic nitrogens is 3. The molecule has 0 saturated carbocycles. The second-order valence-electron chi connectivity index (χ2n) is 6.12. The smallest absolute Gasteiger partial charge is 0.221 e. The molecule has 0 radical (unpaired) electrons. The molecule has 1 aliphatic heterocycles. The van der Waals surface area contributed by atoms with E-state index in [-0.39, 0.29) is 12.0 Å². The maximum atomic E-state index is 11.5. The van der Waals surface area contributed by atoms with E-state index in [2.05, 4.69) is 20.1 Å². The van der Waals surface area contributed by atoms with Gasteiger partial charge in [0.1, 0.15) is 22.6 Å². The van der Waals surface area contributed by atoms with Gasteiger partial charge in [0.15, 0.2) is 0 Å². The highest BCUT2D eigenvalue weighted by molar-refractivity contribution is 7.98. The molecule has 1 aliphatic rings. The highest BCUT2D eigenvalue weighted by atomic mass is 32.2. The van der Waals surface area contributed by atoms with E-state index in [1.54, 1.807) is 17.5 Å². The summed E-state index contributed by atoms with van der Waals surface area (Å²) in [6.07, 6.45) is 3.84. The average Bonchev–Trinajstić information content (AvgIpc) is 3.10. The van der Waals surface area contributed by atoms with Gasteiger partial charge in [0, 0.05) is 4.91 Å². The molecule has 0 aliphatic carbocycles. The number of rotatable bonds is 4. The molecule has 0 amide bonds. The van der Waals surface area contributed by atoms with Crippen LogP contribution >= 0.6 is 11.8 Å². The predicted octanol–water partition coefficient (Wildman–Crippen LogP) is 3.11. The van der Waals surface area contributed by atoms with Gasteiger partial charge in [-0.05, 0) is 43.2 Å². The lowest BCUT2D eigenvalue weighted by molar-refractivity contribution is -0.228. The van der Waals surface area contributed by atoms with Crippen LogP contribution in [0.1, 0.15) is 32.9 Å². The van der Waals surface area contributed by atoms with E-state index in [1.165, 1.54) is 18.1 Å². The third-order valence-corrected chi connectivity index (χ3v) is 5.77. The minimum atomic E-state index is -1.77. The van der Waals surface area contributed by atoms with Crippen molar-refractivity contribution in [3.8, 4) is 0 Å². The Labute approximate surface area is 143 Å². The van der Waals surface area contributed by atoms with Crippen LogP contribution in [0.4, 0.5) is 0 Å².